The summed E-state index contributed by atoms with van der Waals surface area (Å²) in [4.78, 5) is 13.6. The van der Waals surface area contributed by atoms with E-state index in [1.807, 2.05) is 30.3 Å². The second kappa shape index (κ2) is 5.70. The van der Waals surface area contributed by atoms with Gasteiger partial charge in [0.15, 0.2) is 5.79 Å². The van der Waals surface area contributed by atoms with Crippen molar-refractivity contribution < 1.29 is 29.2 Å². The molecule has 1 aromatic carbocycles. The van der Waals surface area contributed by atoms with E-state index in [9.17, 15) is 15.0 Å². The van der Waals surface area contributed by atoms with Gasteiger partial charge in [-0.3, -0.25) is 4.90 Å². The quantitative estimate of drug-likeness (QED) is 0.838. The summed E-state index contributed by atoms with van der Waals surface area (Å²) in [5, 5.41) is 21.1. The number of rotatable bonds is 2. The number of benzene rings is 1. The SMILES string of the molecule is O=C(OCc1ccccc1)N1CC2OC3(O)CCCC3OC2(O)C1. The molecule has 2 N–H and O–H groups in total. The van der Waals surface area contributed by atoms with Crippen molar-refractivity contribution >= 4 is 6.09 Å². The molecule has 4 atom stereocenters. The molecule has 0 aromatic heterocycles. The molecule has 1 amide bonds. The Morgan fingerprint density at radius 3 is 2.75 bits per heavy atom. The summed E-state index contributed by atoms with van der Waals surface area (Å²) in [5.41, 5.74) is 0.887. The van der Waals surface area contributed by atoms with Crippen molar-refractivity contribution in [1.29, 1.82) is 0 Å². The van der Waals surface area contributed by atoms with Crippen LogP contribution in [-0.2, 0) is 20.8 Å². The fourth-order valence-corrected chi connectivity index (χ4v) is 3.68. The van der Waals surface area contributed by atoms with Crippen molar-refractivity contribution in [2.24, 2.45) is 0 Å². The molecule has 2 saturated heterocycles. The number of fused-ring (bicyclic) bond motifs is 2. The fourth-order valence-electron chi connectivity index (χ4n) is 3.68. The van der Waals surface area contributed by atoms with Crippen LogP contribution in [0.3, 0.4) is 0 Å². The van der Waals surface area contributed by atoms with E-state index in [4.69, 9.17) is 14.2 Å². The average molecular weight is 335 g/mol. The molecule has 3 fully saturated rings. The topological polar surface area (TPSA) is 88.5 Å². The molecule has 24 heavy (non-hydrogen) atoms. The lowest BCUT2D eigenvalue weighted by Crippen LogP contribution is -2.61. The smallest absolute Gasteiger partial charge is 0.410 e. The molecule has 2 heterocycles. The van der Waals surface area contributed by atoms with Gasteiger partial charge in [0.1, 0.15) is 18.8 Å². The van der Waals surface area contributed by atoms with E-state index in [1.165, 1.54) is 4.90 Å². The van der Waals surface area contributed by atoms with Gasteiger partial charge < -0.3 is 24.4 Å². The van der Waals surface area contributed by atoms with Gasteiger partial charge in [0.05, 0.1) is 13.1 Å². The van der Waals surface area contributed by atoms with Crippen LogP contribution in [-0.4, -0.2) is 58.1 Å². The van der Waals surface area contributed by atoms with Crippen LogP contribution < -0.4 is 0 Å². The maximum Gasteiger partial charge on any atom is 0.410 e. The van der Waals surface area contributed by atoms with Crippen molar-refractivity contribution in [3.63, 3.8) is 0 Å². The molecule has 1 aromatic rings. The van der Waals surface area contributed by atoms with Crippen LogP contribution in [0.4, 0.5) is 4.79 Å². The first-order valence-corrected chi connectivity index (χ1v) is 8.25. The van der Waals surface area contributed by atoms with E-state index < -0.39 is 29.9 Å². The van der Waals surface area contributed by atoms with E-state index in [2.05, 4.69) is 0 Å². The minimum Gasteiger partial charge on any atom is -0.445 e. The first kappa shape index (κ1) is 15.8. The van der Waals surface area contributed by atoms with Gasteiger partial charge in [-0.25, -0.2) is 4.79 Å². The Balaban J connectivity index is 1.39. The van der Waals surface area contributed by atoms with Crippen LogP contribution in [0.5, 0.6) is 0 Å². The van der Waals surface area contributed by atoms with Crippen LogP contribution in [0, 0.1) is 0 Å². The van der Waals surface area contributed by atoms with Gasteiger partial charge in [-0.05, 0) is 18.4 Å². The number of carbonyl (C=O) groups is 1. The predicted molar refractivity (Wildman–Crippen MR) is 81.7 cm³/mol. The molecule has 4 unspecified atom stereocenters. The summed E-state index contributed by atoms with van der Waals surface area (Å²) in [7, 11) is 0. The van der Waals surface area contributed by atoms with E-state index >= 15 is 0 Å². The minimum atomic E-state index is -1.59. The monoisotopic (exact) mass is 335 g/mol. The molecule has 0 bridgehead atoms. The molecule has 1 saturated carbocycles. The highest BCUT2D eigenvalue weighted by Crippen LogP contribution is 2.44. The number of nitrogens with zero attached hydrogens (tertiary/aromatic N) is 1. The van der Waals surface area contributed by atoms with Gasteiger partial charge in [-0.2, -0.15) is 0 Å². The first-order chi connectivity index (χ1) is 11.5. The Hall–Kier alpha value is -1.67. The second-order valence-corrected chi connectivity index (χ2v) is 6.72. The van der Waals surface area contributed by atoms with E-state index in [0.717, 1.165) is 12.0 Å². The van der Waals surface area contributed by atoms with Gasteiger partial charge in [0, 0.05) is 6.42 Å². The minimum absolute atomic E-state index is 0.0299. The van der Waals surface area contributed by atoms with Crippen molar-refractivity contribution in [3.05, 3.63) is 35.9 Å². The zero-order valence-electron chi connectivity index (χ0n) is 13.3. The molecule has 0 radical (unpaired) electrons. The maximum absolute atomic E-state index is 12.2. The molecule has 4 rings (SSSR count). The Bertz CT molecular complexity index is 625. The predicted octanol–water partition coefficient (Wildman–Crippen LogP) is 0.984. The summed E-state index contributed by atoms with van der Waals surface area (Å²) in [6.07, 6.45) is 0.0191. The first-order valence-electron chi connectivity index (χ1n) is 8.25. The van der Waals surface area contributed by atoms with Crippen molar-refractivity contribution in [1.82, 2.24) is 4.90 Å². The summed E-state index contributed by atoms with van der Waals surface area (Å²) in [5.74, 6) is -2.95. The molecule has 2 aliphatic heterocycles. The molecular weight excluding hydrogens is 314 g/mol. The Labute approximate surface area is 139 Å². The number of amides is 1. The molecule has 0 spiro atoms. The highest BCUT2D eigenvalue weighted by atomic mass is 16.7. The van der Waals surface area contributed by atoms with Crippen LogP contribution in [0.2, 0.25) is 0 Å². The Morgan fingerprint density at radius 1 is 1.21 bits per heavy atom. The third kappa shape index (κ3) is 2.67. The Morgan fingerprint density at radius 2 is 1.96 bits per heavy atom. The standard InChI is InChI=1S/C17H21NO6/c19-15(22-10-12-5-2-1-3-6-12)18-9-14-17(21,11-18)23-13-7-4-8-16(13,20)24-14/h1-3,5-6,13-14,20-21H,4,7-11H2. The lowest BCUT2D eigenvalue weighted by Gasteiger charge is -2.44. The van der Waals surface area contributed by atoms with Crippen LogP contribution in [0.1, 0.15) is 24.8 Å². The summed E-state index contributed by atoms with van der Waals surface area (Å²) in [6.45, 7) is 0.255. The number of ether oxygens (including phenoxy) is 3. The number of β-amino-alcohol motifs (C(OH)–C–C–N with tert-alkyl or cyclic N) is 1. The summed E-state index contributed by atoms with van der Waals surface area (Å²) >= 11 is 0. The third-order valence-corrected chi connectivity index (χ3v) is 4.97. The normalized spacial score (nSPS) is 37.8. The number of likely N-dealkylation sites (tertiary alicyclic amines) is 1. The molecule has 3 aliphatic rings. The fraction of sp³-hybridized carbons (Fsp3) is 0.588. The van der Waals surface area contributed by atoms with Gasteiger partial charge >= 0.3 is 6.09 Å². The number of aliphatic hydroxyl groups is 2. The van der Waals surface area contributed by atoms with Gasteiger partial charge in [-0.1, -0.05) is 30.3 Å². The zero-order valence-corrected chi connectivity index (χ0v) is 13.3. The molecule has 7 heteroatoms. The largest absolute Gasteiger partial charge is 0.445 e. The van der Waals surface area contributed by atoms with Crippen LogP contribution >= 0.6 is 0 Å². The van der Waals surface area contributed by atoms with Gasteiger partial charge in [0.25, 0.3) is 0 Å². The van der Waals surface area contributed by atoms with Gasteiger partial charge in [-0.15, -0.1) is 0 Å². The zero-order chi connectivity index (χ0) is 16.8. The summed E-state index contributed by atoms with van der Waals surface area (Å²) < 4.78 is 16.7. The van der Waals surface area contributed by atoms with Crippen molar-refractivity contribution in [2.45, 2.75) is 49.7 Å². The molecule has 7 nitrogen and oxygen atoms in total. The maximum atomic E-state index is 12.2. The third-order valence-electron chi connectivity index (χ3n) is 4.97. The number of hydrogen-bond acceptors (Lipinski definition) is 6. The lowest BCUT2D eigenvalue weighted by molar-refractivity contribution is -0.401. The van der Waals surface area contributed by atoms with Gasteiger partial charge in [0.2, 0.25) is 5.79 Å². The van der Waals surface area contributed by atoms with Crippen molar-refractivity contribution in [3.8, 4) is 0 Å². The van der Waals surface area contributed by atoms with Crippen LogP contribution in [0.25, 0.3) is 0 Å². The lowest BCUT2D eigenvalue weighted by atomic mass is 10.1. The Kier molecular flexibility index (Phi) is 3.76. The molecular formula is C17H21NO6. The van der Waals surface area contributed by atoms with E-state index in [-0.39, 0.29) is 19.7 Å². The van der Waals surface area contributed by atoms with E-state index in [1.54, 1.807) is 0 Å². The molecule has 1 aliphatic carbocycles. The van der Waals surface area contributed by atoms with Crippen LogP contribution in [0.15, 0.2) is 30.3 Å². The summed E-state index contributed by atoms with van der Waals surface area (Å²) in [6, 6.07) is 9.37. The number of hydrogen-bond donors (Lipinski definition) is 2. The highest BCUT2D eigenvalue weighted by Gasteiger charge is 2.61. The average Bonchev–Trinajstić information content (AvgIpc) is 3.09. The van der Waals surface area contributed by atoms with Crippen molar-refractivity contribution in [2.75, 3.05) is 13.1 Å². The molecule has 130 valence electrons. The number of carbonyl (C=O) groups excluding carboxylic acids is 1. The van der Waals surface area contributed by atoms with E-state index in [0.29, 0.717) is 12.8 Å². The highest BCUT2D eigenvalue weighted by molar-refractivity contribution is 5.68. The second-order valence-electron chi connectivity index (χ2n) is 6.72.